The molecule has 158 valence electrons. The third kappa shape index (κ3) is 5.05. The molecule has 2 fully saturated rings. The lowest BCUT2D eigenvalue weighted by Gasteiger charge is -2.33. The molecular formula is C24H28FN3O2. The van der Waals surface area contributed by atoms with Crippen molar-refractivity contribution in [1.82, 2.24) is 15.1 Å². The van der Waals surface area contributed by atoms with Crippen LogP contribution in [0.1, 0.15) is 30.4 Å². The molecule has 2 aliphatic rings. The second kappa shape index (κ2) is 8.96. The van der Waals surface area contributed by atoms with E-state index in [4.69, 9.17) is 0 Å². The minimum Gasteiger partial charge on any atom is -0.347 e. The van der Waals surface area contributed by atoms with Crippen LogP contribution in [0, 0.1) is 5.82 Å². The summed E-state index contributed by atoms with van der Waals surface area (Å²) in [6.07, 6.45) is 2.36. The molecule has 6 heteroatoms. The number of likely N-dealkylation sites (tertiary alicyclic amines) is 1. The van der Waals surface area contributed by atoms with E-state index in [1.54, 1.807) is 12.1 Å². The molecule has 2 heterocycles. The van der Waals surface area contributed by atoms with Crippen LogP contribution in [0.15, 0.2) is 54.6 Å². The van der Waals surface area contributed by atoms with Crippen LogP contribution in [-0.4, -0.2) is 53.3 Å². The summed E-state index contributed by atoms with van der Waals surface area (Å²) in [5.41, 5.74) is 1.63. The van der Waals surface area contributed by atoms with Gasteiger partial charge in [-0.15, -0.1) is 0 Å². The summed E-state index contributed by atoms with van der Waals surface area (Å²) in [4.78, 5) is 29.2. The van der Waals surface area contributed by atoms with Crippen molar-refractivity contribution in [2.45, 2.75) is 37.8 Å². The molecule has 2 aromatic carbocycles. The van der Waals surface area contributed by atoms with E-state index in [-0.39, 0.29) is 17.6 Å². The average molecular weight is 410 g/mol. The van der Waals surface area contributed by atoms with Crippen molar-refractivity contribution in [1.29, 1.82) is 0 Å². The zero-order chi connectivity index (χ0) is 21.0. The van der Waals surface area contributed by atoms with E-state index >= 15 is 0 Å². The van der Waals surface area contributed by atoms with E-state index < -0.39 is 5.54 Å². The normalized spacial score (nSPS) is 22.2. The molecule has 30 heavy (non-hydrogen) atoms. The first kappa shape index (κ1) is 20.5. The van der Waals surface area contributed by atoms with Crippen molar-refractivity contribution >= 4 is 11.8 Å². The molecule has 0 saturated carbocycles. The molecule has 1 atom stereocenters. The van der Waals surface area contributed by atoms with Gasteiger partial charge in [0.2, 0.25) is 11.8 Å². The number of carbonyl (C=O) groups is 2. The van der Waals surface area contributed by atoms with Crippen LogP contribution in [0.5, 0.6) is 0 Å². The van der Waals surface area contributed by atoms with E-state index in [2.05, 4.69) is 10.2 Å². The van der Waals surface area contributed by atoms with Gasteiger partial charge in [0.15, 0.2) is 0 Å². The highest BCUT2D eigenvalue weighted by Gasteiger charge is 2.43. The number of nitrogens with zero attached hydrogens (tertiary/aromatic N) is 2. The third-order valence-electron chi connectivity index (χ3n) is 6.06. The fourth-order valence-electron chi connectivity index (χ4n) is 4.56. The lowest BCUT2D eigenvalue weighted by Crippen LogP contribution is -2.55. The van der Waals surface area contributed by atoms with E-state index in [1.165, 1.54) is 6.07 Å². The number of benzene rings is 2. The SMILES string of the molecule is O=C1CCN(Cc2cccc(F)c2)CC2(CCN(C(=O)CCc3ccccc3)C2)N1. The molecule has 1 spiro atoms. The highest BCUT2D eigenvalue weighted by atomic mass is 19.1. The van der Waals surface area contributed by atoms with Crippen molar-refractivity contribution < 1.29 is 14.0 Å². The molecule has 1 unspecified atom stereocenters. The maximum atomic E-state index is 13.6. The van der Waals surface area contributed by atoms with E-state index in [1.807, 2.05) is 41.3 Å². The molecule has 4 rings (SSSR count). The van der Waals surface area contributed by atoms with E-state index in [0.29, 0.717) is 45.6 Å². The summed E-state index contributed by atoms with van der Waals surface area (Å²) in [6, 6.07) is 16.6. The first-order valence-corrected chi connectivity index (χ1v) is 10.6. The van der Waals surface area contributed by atoms with Gasteiger partial charge in [0, 0.05) is 45.6 Å². The topological polar surface area (TPSA) is 52.7 Å². The molecule has 0 aliphatic carbocycles. The Bertz CT molecular complexity index is 904. The largest absolute Gasteiger partial charge is 0.347 e. The number of hydrogen-bond acceptors (Lipinski definition) is 3. The number of aryl methyl sites for hydroxylation is 1. The van der Waals surface area contributed by atoms with Gasteiger partial charge in [0.25, 0.3) is 0 Å². The maximum Gasteiger partial charge on any atom is 0.222 e. The molecule has 2 aliphatic heterocycles. The van der Waals surface area contributed by atoms with Gasteiger partial charge in [0.1, 0.15) is 5.82 Å². The van der Waals surface area contributed by atoms with Crippen LogP contribution in [-0.2, 0) is 22.6 Å². The fraction of sp³-hybridized carbons (Fsp3) is 0.417. The number of nitrogens with one attached hydrogen (secondary N) is 1. The van der Waals surface area contributed by atoms with Gasteiger partial charge in [-0.05, 0) is 36.1 Å². The van der Waals surface area contributed by atoms with Gasteiger partial charge in [-0.2, -0.15) is 0 Å². The van der Waals surface area contributed by atoms with Gasteiger partial charge >= 0.3 is 0 Å². The lowest BCUT2D eigenvalue weighted by atomic mass is 9.97. The predicted molar refractivity (Wildman–Crippen MR) is 113 cm³/mol. The van der Waals surface area contributed by atoms with E-state index in [9.17, 15) is 14.0 Å². The van der Waals surface area contributed by atoms with Crippen LogP contribution in [0.3, 0.4) is 0 Å². The second-order valence-electron chi connectivity index (χ2n) is 8.47. The Morgan fingerprint density at radius 2 is 1.83 bits per heavy atom. The molecule has 2 amide bonds. The van der Waals surface area contributed by atoms with Crippen molar-refractivity contribution in [3.05, 3.63) is 71.5 Å². The average Bonchev–Trinajstić information content (AvgIpc) is 3.07. The Kier molecular flexibility index (Phi) is 6.13. The van der Waals surface area contributed by atoms with Crippen LogP contribution in [0.4, 0.5) is 4.39 Å². The number of carbonyl (C=O) groups excluding carboxylic acids is 2. The van der Waals surface area contributed by atoms with Crippen LogP contribution < -0.4 is 5.32 Å². The van der Waals surface area contributed by atoms with Crippen LogP contribution in [0.25, 0.3) is 0 Å². The second-order valence-corrected chi connectivity index (χ2v) is 8.47. The zero-order valence-electron chi connectivity index (χ0n) is 17.1. The number of halogens is 1. The fourth-order valence-corrected chi connectivity index (χ4v) is 4.56. The summed E-state index contributed by atoms with van der Waals surface area (Å²) in [6.45, 7) is 3.08. The smallest absolute Gasteiger partial charge is 0.222 e. The van der Waals surface area contributed by atoms with Gasteiger partial charge in [-0.25, -0.2) is 4.39 Å². The Morgan fingerprint density at radius 3 is 2.63 bits per heavy atom. The minimum atomic E-state index is -0.427. The first-order valence-electron chi connectivity index (χ1n) is 10.6. The molecule has 0 aromatic heterocycles. The summed E-state index contributed by atoms with van der Waals surface area (Å²) < 4.78 is 13.6. The molecule has 5 nitrogen and oxygen atoms in total. The minimum absolute atomic E-state index is 0.0235. The molecule has 2 aromatic rings. The van der Waals surface area contributed by atoms with Gasteiger partial charge in [-0.1, -0.05) is 42.5 Å². The highest BCUT2D eigenvalue weighted by Crippen LogP contribution is 2.26. The van der Waals surface area contributed by atoms with Crippen molar-refractivity contribution in [2.75, 3.05) is 26.2 Å². The third-order valence-corrected chi connectivity index (χ3v) is 6.06. The van der Waals surface area contributed by atoms with Crippen LogP contribution >= 0.6 is 0 Å². The summed E-state index contributed by atoms with van der Waals surface area (Å²) >= 11 is 0. The predicted octanol–water partition coefficient (Wildman–Crippen LogP) is 2.75. The van der Waals surface area contributed by atoms with Crippen molar-refractivity contribution in [3.8, 4) is 0 Å². The molecule has 0 bridgehead atoms. The quantitative estimate of drug-likeness (QED) is 0.826. The number of rotatable bonds is 5. The van der Waals surface area contributed by atoms with Crippen molar-refractivity contribution in [2.24, 2.45) is 0 Å². The monoisotopic (exact) mass is 409 g/mol. The Balaban J connectivity index is 1.39. The lowest BCUT2D eigenvalue weighted by molar-refractivity contribution is -0.131. The molecular weight excluding hydrogens is 381 g/mol. The van der Waals surface area contributed by atoms with Gasteiger partial charge < -0.3 is 10.2 Å². The molecule has 0 radical (unpaired) electrons. The van der Waals surface area contributed by atoms with Crippen LogP contribution in [0.2, 0.25) is 0 Å². The Morgan fingerprint density at radius 1 is 1.03 bits per heavy atom. The summed E-state index contributed by atoms with van der Waals surface area (Å²) in [5.74, 6) is -0.0940. The molecule has 2 saturated heterocycles. The van der Waals surface area contributed by atoms with Crippen molar-refractivity contribution in [3.63, 3.8) is 0 Å². The van der Waals surface area contributed by atoms with E-state index in [0.717, 1.165) is 24.0 Å². The standard InChI is InChI=1S/C24H28FN3O2/c25-21-8-4-7-20(15-21)16-27-13-11-22(29)26-24(17-27)12-14-28(18-24)23(30)10-9-19-5-2-1-3-6-19/h1-8,15H,9-14,16-18H2,(H,26,29). The summed E-state index contributed by atoms with van der Waals surface area (Å²) in [7, 11) is 0. The van der Waals surface area contributed by atoms with Gasteiger partial charge in [-0.3, -0.25) is 14.5 Å². The zero-order valence-corrected chi connectivity index (χ0v) is 17.1. The Hall–Kier alpha value is -2.73. The summed E-state index contributed by atoms with van der Waals surface area (Å²) in [5, 5.41) is 3.19. The highest BCUT2D eigenvalue weighted by molar-refractivity contribution is 5.79. The van der Waals surface area contributed by atoms with Gasteiger partial charge in [0.05, 0.1) is 5.54 Å². The first-order chi connectivity index (χ1) is 14.5. The molecule has 1 N–H and O–H groups in total. The Labute approximate surface area is 176 Å². The number of amides is 2. The number of hydrogen-bond donors (Lipinski definition) is 1. The maximum absolute atomic E-state index is 13.6.